The quantitative estimate of drug-likeness (QED) is 0.766. The summed E-state index contributed by atoms with van der Waals surface area (Å²) in [6, 6.07) is 1.56. The highest BCUT2D eigenvalue weighted by Gasteiger charge is 2.02. The van der Waals surface area contributed by atoms with E-state index in [9.17, 15) is 4.79 Å². The van der Waals surface area contributed by atoms with Gasteiger partial charge in [0.05, 0.1) is 0 Å². The molecular formula is C10H16N2O. The molecule has 13 heavy (non-hydrogen) atoms. The molecule has 0 amide bonds. The standard InChI is InChI=1S/C10H16N2O/c1-4-8-6-10(13)12-9(11-8)5-7(2)3/h6-7H,4-5H2,1-3H3,(H,11,12,13). The summed E-state index contributed by atoms with van der Waals surface area (Å²) in [7, 11) is 0. The average Bonchev–Trinajstić information content (AvgIpc) is 2.01. The van der Waals surface area contributed by atoms with Crippen molar-refractivity contribution in [2.24, 2.45) is 5.92 Å². The van der Waals surface area contributed by atoms with Crippen LogP contribution in [0.1, 0.15) is 32.3 Å². The first kappa shape index (κ1) is 9.96. The monoisotopic (exact) mass is 180 g/mol. The summed E-state index contributed by atoms with van der Waals surface area (Å²) < 4.78 is 0. The Kier molecular flexibility index (Phi) is 3.23. The minimum absolute atomic E-state index is 0.0394. The highest BCUT2D eigenvalue weighted by molar-refractivity contribution is 5.02. The maximum absolute atomic E-state index is 11.2. The van der Waals surface area contributed by atoms with E-state index in [1.807, 2.05) is 6.92 Å². The Morgan fingerprint density at radius 2 is 2.23 bits per heavy atom. The van der Waals surface area contributed by atoms with Crippen molar-refractivity contribution in [3.05, 3.63) is 27.9 Å². The van der Waals surface area contributed by atoms with E-state index >= 15 is 0 Å². The fourth-order valence-electron chi connectivity index (χ4n) is 1.23. The Labute approximate surface area is 78.2 Å². The lowest BCUT2D eigenvalue weighted by atomic mass is 10.1. The summed E-state index contributed by atoms with van der Waals surface area (Å²) in [5.74, 6) is 1.33. The van der Waals surface area contributed by atoms with Crippen LogP contribution in [0.5, 0.6) is 0 Å². The SMILES string of the molecule is CCc1cc(=O)[nH]c(CC(C)C)n1. The van der Waals surface area contributed by atoms with Gasteiger partial charge in [0.25, 0.3) is 5.56 Å². The van der Waals surface area contributed by atoms with E-state index in [2.05, 4.69) is 23.8 Å². The lowest BCUT2D eigenvalue weighted by Crippen LogP contribution is -2.13. The van der Waals surface area contributed by atoms with E-state index in [1.165, 1.54) is 0 Å². The molecule has 0 saturated carbocycles. The van der Waals surface area contributed by atoms with Gasteiger partial charge in [-0.25, -0.2) is 4.98 Å². The third kappa shape index (κ3) is 3.01. The molecule has 1 heterocycles. The predicted molar refractivity (Wildman–Crippen MR) is 52.8 cm³/mol. The smallest absolute Gasteiger partial charge is 0.251 e. The Hall–Kier alpha value is -1.12. The number of hydrogen-bond donors (Lipinski definition) is 1. The zero-order chi connectivity index (χ0) is 9.84. The lowest BCUT2D eigenvalue weighted by molar-refractivity contribution is 0.615. The highest BCUT2D eigenvalue weighted by Crippen LogP contribution is 2.01. The van der Waals surface area contributed by atoms with E-state index in [-0.39, 0.29) is 5.56 Å². The molecule has 0 unspecified atom stereocenters. The zero-order valence-corrected chi connectivity index (χ0v) is 8.42. The molecule has 0 radical (unpaired) electrons. The van der Waals surface area contributed by atoms with Gasteiger partial charge in [-0.3, -0.25) is 4.79 Å². The molecular weight excluding hydrogens is 164 g/mol. The van der Waals surface area contributed by atoms with Gasteiger partial charge in [-0.15, -0.1) is 0 Å². The molecule has 0 aliphatic heterocycles. The van der Waals surface area contributed by atoms with Crippen molar-refractivity contribution in [3.8, 4) is 0 Å². The van der Waals surface area contributed by atoms with Crippen LogP contribution in [0.3, 0.4) is 0 Å². The van der Waals surface area contributed by atoms with Gasteiger partial charge in [-0.05, 0) is 12.3 Å². The second-order valence-corrected chi connectivity index (χ2v) is 3.63. The average molecular weight is 180 g/mol. The van der Waals surface area contributed by atoms with Crippen molar-refractivity contribution < 1.29 is 0 Å². The maximum atomic E-state index is 11.2. The van der Waals surface area contributed by atoms with E-state index in [0.29, 0.717) is 5.92 Å². The summed E-state index contributed by atoms with van der Waals surface area (Å²) in [4.78, 5) is 18.2. The van der Waals surface area contributed by atoms with Crippen LogP contribution in [0.15, 0.2) is 10.9 Å². The highest BCUT2D eigenvalue weighted by atomic mass is 16.1. The Bertz CT molecular complexity index is 328. The molecule has 3 heteroatoms. The van der Waals surface area contributed by atoms with Crippen molar-refractivity contribution in [1.29, 1.82) is 0 Å². The molecule has 1 rings (SSSR count). The second kappa shape index (κ2) is 4.21. The van der Waals surface area contributed by atoms with Gasteiger partial charge < -0.3 is 4.98 Å². The zero-order valence-electron chi connectivity index (χ0n) is 8.42. The van der Waals surface area contributed by atoms with Gasteiger partial charge in [-0.1, -0.05) is 20.8 Å². The number of rotatable bonds is 3. The first-order valence-corrected chi connectivity index (χ1v) is 4.71. The topological polar surface area (TPSA) is 45.8 Å². The maximum Gasteiger partial charge on any atom is 0.251 e. The van der Waals surface area contributed by atoms with E-state index < -0.39 is 0 Å². The molecule has 1 aromatic heterocycles. The number of H-pyrrole nitrogens is 1. The van der Waals surface area contributed by atoms with Crippen LogP contribution in [0, 0.1) is 5.92 Å². The number of aryl methyl sites for hydroxylation is 1. The third-order valence-electron chi connectivity index (χ3n) is 1.81. The summed E-state index contributed by atoms with van der Waals surface area (Å²) in [5, 5.41) is 0. The molecule has 72 valence electrons. The fraction of sp³-hybridized carbons (Fsp3) is 0.600. The van der Waals surface area contributed by atoms with Crippen LogP contribution >= 0.6 is 0 Å². The van der Waals surface area contributed by atoms with Crippen LogP contribution in [0.2, 0.25) is 0 Å². The van der Waals surface area contributed by atoms with Gasteiger partial charge in [0, 0.05) is 18.2 Å². The van der Waals surface area contributed by atoms with Crippen molar-refractivity contribution in [2.45, 2.75) is 33.6 Å². The number of hydrogen-bond acceptors (Lipinski definition) is 2. The normalized spacial score (nSPS) is 10.8. The largest absolute Gasteiger partial charge is 0.311 e. The molecule has 3 nitrogen and oxygen atoms in total. The summed E-state index contributed by atoms with van der Waals surface area (Å²) >= 11 is 0. The van der Waals surface area contributed by atoms with Crippen LogP contribution in [-0.2, 0) is 12.8 Å². The molecule has 1 aromatic rings. The predicted octanol–water partition coefficient (Wildman–Crippen LogP) is 1.53. The van der Waals surface area contributed by atoms with Gasteiger partial charge in [0.1, 0.15) is 5.82 Å². The van der Waals surface area contributed by atoms with E-state index in [4.69, 9.17) is 0 Å². The van der Waals surface area contributed by atoms with Crippen molar-refractivity contribution in [2.75, 3.05) is 0 Å². The summed E-state index contributed by atoms with van der Waals surface area (Å²) in [6.07, 6.45) is 1.65. The fourth-order valence-corrected chi connectivity index (χ4v) is 1.23. The number of aromatic amines is 1. The Morgan fingerprint density at radius 3 is 2.77 bits per heavy atom. The van der Waals surface area contributed by atoms with Gasteiger partial charge in [-0.2, -0.15) is 0 Å². The van der Waals surface area contributed by atoms with E-state index in [0.717, 1.165) is 24.4 Å². The number of nitrogens with one attached hydrogen (secondary N) is 1. The molecule has 0 aliphatic rings. The van der Waals surface area contributed by atoms with E-state index in [1.54, 1.807) is 6.07 Å². The second-order valence-electron chi connectivity index (χ2n) is 3.63. The molecule has 1 N–H and O–H groups in total. The Morgan fingerprint density at radius 1 is 1.54 bits per heavy atom. The lowest BCUT2D eigenvalue weighted by Gasteiger charge is -2.04. The van der Waals surface area contributed by atoms with Crippen molar-refractivity contribution in [3.63, 3.8) is 0 Å². The summed E-state index contributed by atoms with van der Waals surface area (Å²) in [5.41, 5.74) is 0.835. The Balaban J connectivity index is 2.95. The molecule has 0 bridgehead atoms. The molecule has 0 atom stereocenters. The molecule has 0 aliphatic carbocycles. The molecule has 0 spiro atoms. The molecule has 0 saturated heterocycles. The minimum atomic E-state index is -0.0394. The van der Waals surface area contributed by atoms with Crippen LogP contribution in [-0.4, -0.2) is 9.97 Å². The molecule has 0 aromatic carbocycles. The van der Waals surface area contributed by atoms with Crippen LogP contribution in [0.4, 0.5) is 0 Å². The first-order chi connectivity index (χ1) is 6.11. The van der Waals surface area contributed by atoms with Crippen LogP contribution in [0.25, 0.3) is 0 Å². The first-order valence-electron chi connectivity index (χ1n) is 4.71. The third-order valence-corrected chi connectivity index (χ3v) is 1.81. The van der Waals surface area contributed by atoms with Gasteiger partial charge in [0.2, 0.25) is 0 Å². The number of aromatic nitrogens is 2. The van der Waals surface area contributed by atoms with Crippen molar-refractivity contribution >= 4 is 0 Å². The van der Waals surface area contributed by atoms with Gasteiger partial charge in [0.15, 0.2) is 0 Å². The van der Waals surface area contributed by atoms with Crippen LogP contribution < -0.4 is 5.56 Å². The summed E-state index contributed by atoms with van der Waals surface area (Å²) in [6.45, 7) is 6.22. The van der Waals surface area contributed by atoms with Crippen molar-refractivity contribution in [1.82, 2.24) is 9.97 Å². The number of nitrogens with zero attached hydrogens (tertiary/aromatic N) is 1. The van der Waals surface area contributed by atoms with Gasteiger partial charge >= 0.3 is 0 Å². The molecule has 0 fully saturated rings. The minimum Gasteiger partial charge on any atom is -0.311 e.